The zero-order valence-corrected chi connectivity index (χ0v) is 19.3. The van der Waals surface area contributed by atoms with Crippen molar-refractivity contribution in [3.63, 3.8) is 0 Å². The van der Waals surface area contributed by atoms with E-state index in [0.29, 0.717) is 6.54 Å². The summed E-state index contributed by atoms with van der Waals surface area (Å²) in [5.74, 6) is 1.10. The zero-order chi connectivity index (χ0) is 19.6. The molecule has 0 spiro atoms. The summed E-state index contributed by atoms with van der Waals surface area (Å²) < 4.78 is 0. The van der Waals surface area contributed by atoms with E-state index in [1.54, 1.807) is 7.05 Å². The number of nitrogens with zero attached hydrogens (tertiary/aromatic N) is 1. The van der Waals surface area contributed by atoms with E-state index in [4.69, 9.17) is 0 Å². The van der Waals surface area contributed by atoms with Crippen LogP contribution in [0.2, 0.25) is 0 Å². The van der Waals surface area contributed by atoms with E-state index in [9.17, 15) is 4.79 Å². The Hall–Kier alpha value is -2.09. The first kappa shape index (κ1) is 23.2. The number of benzene rings is 2. The largest absolute Gasteiger partial charge is 0.356 e. The molecule has 1 amide bonds. The molecule has 156 valence electrons. The third kappa shape index (κ3) is 7.68. The lowest BCUT2D eigenvalue weighted by atomic mass is 10.1. The van der Waals surface area contributed by atoms with Crippen LogP contribution in [0, 0.1) is 5.92 Å². The summed E-state index contributed by atoms with van der Waals surface area (Å²) in [5.41, 5.74) is 3.27. The van der Waals surface area contributed by atoms with E-state index in [1.807, 2.05) is 24.3 Å². The van der Waals surface area contributed by atoms with Crippen LogP contribution >= 0.6 is 24.0 Å². The minimum absolute atomic E-state index is 0. The molecule has 0 bridgehead atoms. The minimum atomic E-state index is 0. The molecule has 3 rings (SSSR count). The molecule has 0 aromatic heterocycles. The number of nitrogens with one attached hydrogen (secondary N) is 3. The molecule has 5 nitrogen and oxygen atoms in total. The predicted molar refractivity (Wildman–Crippen MR) is 131 cm³/mol. The lowest BCUT2D eigenvalue weighted by molar-refractivity contribution is -0.119. The highest BCUT2D eigenvalue weighted by Crippen LogP contribution is 2.26. The lowest BCUT2D eigenvalue weighted by Gasteiger charge is -2.14. The maximum absolute atomic E-state index is 12.3. The summed E-state index contributed by atoms with van der Waals surface area (Å²) in [5, 5.41) is 9.74. The fourth-order valence-corrected chi connectivity index (χ4v) is 3.57. The second-order valence-corrected chi connectivity index (χ2v) is 7.26. The monoisotopic (exact) mass is 506 g/mol. The van der Waals surface area contributed by atoms with Crippen LogP contribution in [0.1, 0.15) is 36.8 Å². The Morgan fingerprint density at radius 2 is 1.72 bits per heavy atom. The van der Waals surface area contributed by atoms with Crippen molar-refractivity contribution in [1.29, 1.82) is 0 Å². The molecule has 2 aromatic carbocycles. The normalized spacial score (nSPS) is 14.2. The number of hydrogen-bond acceptors (Lipinski definition) is 2. The maximum atomic E-state index is 12.3. The standard InChI is InChI=1S/C23H30N4O.HI/c1-24-23(25-15-14-18-8-3-2-4-9-18)26-17-19-10-7-13-21(16-19)27-22(28)20-11-5-6-12-20;/h2-4,7-10,13,16,20H,5-6,11-12,14-15,17H2,1H3,(H,27,28)(H2,24,25,26);1H. The fourth-order valence-electron chi connectivity index (χ4n) is 3.57. The summed E-state index contributed by atoms with van der Waals surface area (Å²) in [6.07, 6.45) is 5.30. The summed E-state index contributed by atoms with van der Waals surface area (Å²) in [6, 6.07) is 18.4. The van der Waals surface area contributed by atoms with Crippen molar-refractivity contribution in [3.05, 3.63) is 65.7 Å². The van der Waals surface area contributed by atoms with Crippen LogP contribution in [0.3, 0.4) is 0 Å². The Balaban J connectivity index is 0.00000300. The highest BCUT2D eigenvalue weighted by Gasteiger charge is 2.22. The molecule has 2 aromatic rings. The van der Waals surface area contributed by atoms with E-state index in [-0.39, 0.29) is 35.8 Å². The van der Waals surface area contributed by atoms with Crippen molar-refractivity contribution in [2.24, 2.45) is 10.9 Å². The van der Waals surface area contributed by atoms with Crippen molar-refractivity contribution in [1.82, 2.24) is 10.6 Å². The first-order valence-corrected chi connectivity index (χ1v) is 10.1. The van der Waals surface area contributed by atoms with Gasteiger partial charge in [-0.2, -0.15) is 0 Å². The van der Waals surface area contributed by atoms with Crippen LogP contribution in [0.4, 0.5) is 5.69 Å². The molecule has 6 heteroatoms. The average Bonchev–Trinajstić information content (AvgIpc) is 3.27. The molecule has 0 aliphatic heterocycles. The smallest absolute Gasteiger partial charge is 0.227 e. The van der Waals surface area contributed by atoms with Gasteiger partial charge in [0.25, 0.3) is 0 Å². The maximum Gasteiger partial charge on any atom is 0.227 e. The number of carbonyl (C=O) groups excluding carboxylic acids is 1. The van der Waals surface area contributed by atoms with Gasteiger partial charge in [0.15, 0.2) is 5.96 Å². The van der Waals surface area contributed by atoms with Crippen molar-refractivity contribution in [2.45, 2.75) is 38.6 Å². The quantitative estimate of drug-likeness (QED) is 0.298. The zero-order valence-electron chi connectivity index (χ0n) is 17.0. The first-order valence-electron chi connectivity index (χ1n) is 10.1. The first-order chi connectivity index (χ1) is 13.7. The van der Waals surface area contributed by atoms with Gasteiger partial charge in [-0.05, 0) is 42.5 Å². The van der Waals surface area contributed by atoms with Gasteiger partial charge in [-0.1, -0.05) is 55.3 Å². The van der Waals surface area contributed by atoms with Crippen molar-refractivity contribution in [3.8, 4) is 0 Å². The topological polar surface area (TPSA) is 65.5 Å². The molecule has 0 heterocycles. The van der Waals surface area contributed by atoms with Gasteiger partial charge < -0.3 is 16.0 Å². The molecule has 1 saturated carbocycles. The van der Waals surface area contributed by atoms with Gasteiger partial charge in [-0.3, -0.25) is 9.79 Å². The number of hydrogen-bond donors (Lipinski definition) is 3. The van der Waals surface area contributed by atoms with E-state index in [2.05, 4.69) is 51.3 Å². The van der Waals surface area contributed by atoms with Crippen LogP contribution in [0.15, 0.2) is 59.6 Å². The molecule has 0 atom stereocenters. The van der Waals surface area contributed by atoms with Crippen molar-refractivity contribution < 1.29 is 4.79 Å². The van der Waals surface area contributed by atoms with E-state index >= 15 is 0 Å². The SMILES string of the molecule is CN=C(NCCc1ccccc1)NCc1cccc(NC(=O)C2CCCC2)c1.I. The Morgan fingerprint density at radius 1 is 1.00 bits per heavy atom. The molecule has 0 saturated heterocycles. The third-order valence-corrected chi connectivity index (χ3v) is 5.15. The number of halogens is 1. The van der Waals surface area contributed by atoms with Crippen LogP contribution in [-0.2, 0) is 17.8 Å². The third-order valence-electron chi connectivity index (χ3n) is 5.15. The van der Waals surface area contributed by atoms with Gasteiger partial charge in [0.2, 0.25) is 5.91 Å². The second-order valence-electron chi connectivity index (χ2n) is 7.26. The number of guanidine groups is 1. The van der Waals surface area contributed by atoms with Crippen LogP contribution < -0.4 is 16.0 Å². The van der Waals surface area contributed by atoms with Gasteiger partial charge in [0.1, 0.15) is 0 Å². The van der Waals surface area contributed by atoms with Gasteiger partial charge in [-0.25, -0.2) is 0 Å². The fraction of sp³-hybridized carbons (Fsp3) is 0.391. The van der Waals surface area contributed by atoms with Crippen LogP contribution in [0.25, 0.3) is 0 Å². The van der Waals surface area contributed by atoms with Crippen molar-refractivity contribution in [2.75, 3.05) is 18.9 Å². The van der Waals surface area contributed by atoms with E-state index < -0.39 is 0 Å². The van der Waals surface area contributed by atoms with E-state index in [1.165, 1.54) is 18.4 Å². The van der Waals surface area contributed by atoms with Gasteiger partial charge in [0.05, 0.1) is 0 Å². The molecule has 3 N–H and O–H groups in total. The summed E-state index contributed by atoms with van der Waals surface area (Å²) in [7, 11) is 1.77. The molecule has 0 radical (unpaired) electrons. The highest BCUT2D eigenvalue weighted by molar-refractivity contribution is 14.0. The molecule has 1 fully saturated rings. The summed E-state index contributed by atoms with van der Waals surface area (Å²) in [6.45, 7) is 1.47. The Labute approximate surface area is 190 Å². The minimum Gasteiger partial charge on any atom is -0.356 e. The Morgan fingerprint density at radius 3 is 2.45 bits per heavy atom. The number of anilines is 1. The molecule has 29 heavy (non-hydrogen) atoms. The Bertz CT molecular complexity index is 788. The lowest BCUT2D eigenvalue weighted by Crippen LogP contribution is -2.37. The van der Waals surface area contributed by atoms with Crippen LogP contribution in [-0.4, -0.2) is 25.5 Å². The second kappa shape index (κ2) is 12.5. The van der Waals surface area contributed by atoms with Crippen molar-refractivity contribution >= 4 is 41.5 Å². The summed E-state index contributed by atoms with van der Waals surface area (Å²) in [4.78, 5) is 16.6. The molecule has 1 aliphatic rings. The van der Waals surface area contributed by atoms with Crippen LogP contribution in [0.5, 0.6) is 0 Å². The van der Waals surface area contributed by atoms with Gasteiger partial charge >= 0.3 is 0 Å². The highest BCUT2D eigenvalue weighted by atomic mass is 127. The number of carbonyl (C=O) groups is 1. The Kier molecular flexibility index (Phi) is 9.97. The number of rotatable bonds is 7. The van der Waals surface area contributed by atoms with E-state index in [0.717, 1.165) is 43.0 Å². The average molecular weight is 506 g/mol. The molecule has 0 unspecified atom stereocenters. The van der Waals surface area contributed by atoms with Gasteiger partial charge in [0, 0.05) is 31.7 Å². The molecule has 1 aliphatic carbocycles. The summed E-state index contributed by atoms with van der Waals surface area (Å²) >= 11 is 0. The number of amides is 1. The molecular formula is C23H31IN4O. The van der Waals surface area contributed by atoms with Gasteiger partial charge in [-0.15, -0.1) is 24.0 Å². The predicted octanol–water partition coefficient (Wildman–Crippen LogP) is 4.34. The molecular weight excluding hydrogens is 475 g/mol. The number of aliphatic imine (C=N–C) groups is 1.